The molecule has 0 aliphatic carbocycles. The van der Waals surface area contributed by atoms with Gasteiger partial charge in [-0.25, -0.2) is 0 Å². The van der Waals surface area contributed by atoms with E-state index in [9.17, 15) is 0 Å². The lowest BCUT2D eigenvalue weighted by Crippen LogP contribution is -2.09. The zero-order chi connectivity index (χ0) is 9.14. The summed E-state index contributed by atoms with van der Waals surface area (Å²) in [5.74, 6) is 1.75. The molecular formula is C10H15NO. The minimum absolute atomic E-state index is 0.0452. The van der Waals surface area contributed by atoms with E-state index in [4.69, 9.17) is 10.2 Å². The summed E-state index contributed by atoms with van der Waals surface area (Å²) in [6, 6.07) is 3.80. The first-order valence-electron chi connectivity index (χ1n) is 4.06. The van der Waals surface area contributed by atoms with E-state index in [0.29, 0.717) is 0 Å². The van der Waals surface area contributed by atoms with Crippen LogP contribution in [0.4, 0.5) is 0 Å². The summed E-state index contributed by atoms with van der Waals surface area (Å²) in [5.41, 5.74) is 6.93. The fraction of sp³-hybridized carbons (Fsp3) is 0.400. The Kier molecular flexibility index (Phi) is 2.71. The van der Waals surface area contributed by atoms with Crippen molar-refractivity contribution in [3.8, 4) is 0 Å². The second-order valence-electron chi connectivity index (χ2n) is 3.22. The average molecular weight is 165 g/mol. The SMILES string of the molecule is C=C(C)CC(N)c1ccc(C)o1. The number of aryl methyl sites for hydroxylation is 1. The summed E-state index contributed by atoms with van der Waals surface area (Å²) < 4.78 is 5.38. The summed E-state index contributed by atoms with van der Waals surface area (Å²) in [6.07, 6.45) is 0.785. The Balaban J connectivity index is 2.64. The van der Waals surface area contributed by atoms with Crippen LogP contribution in [0, 0.1) is 6.92 Å². The Hall–Kier alpha value is -1.02. The minimum Gasteiger partial charge on any atom is -0.465 e. The van der Waals surface area contributed by atoms with Crippen molar-refractivity contribution >= 4 is 0 Å². The molecule has 0 aliphatic rings. The van der Waals surface area contributed by atoms with Crippen LogP contribution in [-0.2, 0) is 0 Å². The third-order valence-electron chi connectivity index (χ3n) is 1.69. The van der Waals surface area contributed by atoms with Gasteiger partial charge in [0.25, 0.3) is 0 Å². The molecule has 0 saturated heterocycles. The topological polar surface area (TPSA) is 39.2 Å². The van der Waals surface area contributed by atoms with Gasteiger partial charge in [0.2, 0.25) is 0 Å². The summed E-state index contributed by atoms with van der Waals surface area (Å²) in [7, 11) is 0. The molecule has 1 aromatic heterocycles. The van der Waals surface area contributed by atoms with E-state index < -0.39 is 0 Å². The fourth-order valence-corrected chi connectivity index (χ4v) is 1.13. The van der Waals surface area contributed by atoms with Crippen LogP contribution in [0.2, 0.25) is 0 Å². The number of rotatable bonds is 3. The highest BCUT2D eigenvalue weighted by Gasteiger charge is 2.09. The summed E-state index contributed by atoms with van der Waals surface area (Å²) >= 11 is 0. The average Bonchev–Trinajstić information content (AvgIpc) is 2.34. The molecule has 12 heavy (non-hydrogen) atoms. The van der Waals surface area contributed by atoms with Crippen LogP contribution in [0.5, 0.6) is 0 Å². The van der Waals surface area contributed by atoms with Crippen LogP contribution in [-0.4, -0.2) is 0 Å². The Labute approximate surface area is 73.1 Å². The van der Waals surface area contributed by atoms with Crippen LogP contribution in [0.15, 0.2) is 28.7 Å². The van der Waals surface area contributed by atoms with Crippen molar-refractivity contribution in [3.63, 3.8) is 0 Å². The maximum Gasteiger partial charge on any atom is 0.121 e. The van der Waals surface area contributed by atoms with E-state index in [2.05, 4.69) is 6.58 Å². The smallest absolute Gasteiger partial charge is 0.121 e. The zero-order valence-corrected chi connectivity index (χ0v) is 7.63. The van der Waals surface area contributed by atoms with Gasteiger partial charge in [0.1, 0.15) is 11.5 Å². The maximum absolute atomic E-state index is 5.85. The molecule has 0 amide bonds. The first-order valence-corrected chi connectivity index (χ1v) is 4.06. The van der Waals surface area contributed by atoms with Gasteiger partial charge in [-0.3, -0.25) is 0 Å². The van der Waals surface area contributed by atoms with Gasteiger partial charge in [0.05, 0.1) is 6.04 Å². The molecule has 1 rings (SSSR count). The molecule has 0 aromatic carbocycles. The predicted molar refractivity (Wildman–Crippen MR) is 49.8 cm³/mol. The lowest BCUT2D eigenvalue weighted by Gasteiger charge is -2.07. The van der Waals surface area contributed by atoms with Crippen molar-refractivity contribution in [2.24, 2.45) is 5.73 Å². The third-order valence-corrected chi connectivity index (χ3v) is 1.69. The Bertz CT molecular complexity index is 275. The monoisotopic (exact) mass is 165 g/mol. The van der Waals surface area contributed by atoms with Crippen LogP contribution in [0.1, 0.15) is 30.9 Å². The largest absolute Gasteiger partial charge is 0.465 e. The highest BCUT2D eigenvalue weighted by atomic mass is 16.3. The van der Waals surface area contributed by atoms with Gasteiger partial charge >= 0.3 is 0 Å². The van der Waals surface area contributed by atoms with Gasteiger partial charge in [-0.15, -0.1) is 6.58 Å². The lowest BCUT2D eigenvalue weighted by atomic mass is 10.1. The van der Waals surface area contributed by atoms with Crippen LogP contribution in [0.25, 0.3) is 0 Å². The Morgan fingerprint density at radius 3 is 2.75 bits per heavy atom. The molecule has 66 valence electrons. The van der Waals surface area contributed by atoms with Crippen molar-refractivity contribution in [1.82, 2.24) is 0 Å². The minimum atomic E-state index is -0.0452. The van der Waals surface area contributed by atoms with Crippen molar-refractivity contribution in [1.29, 1.82) is 0 Å². The van der Waals surface area contributed by atoms with Crippen LogP contribution < -0.4 is 5.73 Å². The summed E-state index contributed by atoms with van der Waals surface area (Å²) in [4.78, 5) is 0. The Morgan fingerprint density at radius 1 is 1.67 bits per heavy atom. The number of furan rings is 1. The van der Waals surface area contributed by atoms with Gasteiger partial charge in [-0.05, 0) is 32.4 Å². The molecule has 0 aliphatic heterocycles. The van der Waals surface area contributed by atoms with E-state index in [-0.39, 0.29) is 6.04 Å². The molecule has 2 N–H and O–H groups in total. The highest BCUT2D eigenvalue weighted by Crippen LogP contribution is 2.19. The molecule has 0 fully saturated rings. The molecule has 0 radical (unpaired) electrons. The predicted octanol–water partition coefficient (Wildman–Crippen LogP) is 2.55. The molecule has 2 heteroatoms. The third kappa shape index (κ3) is 2.24. The van der Waals surface area contributed by atoms with Gasteiger partial charge in [0.15, 0.2) is 0 Å². The van der Waals surface area contributed by atoms with Crippen molar-refractivity contribution in [3.05, 3.63) is 35.8 Å². The maximum atomic E-state index is 5.85. The van der Waals surface area contributed by atoms with Gasteiger partial charge in [-0.2, -0.15) is 0 Å². The first-order chi connectivity index (χ1) is 5.59. The zero-order valence-electron chi connectivity index (χ0n) is 7.63. The fourth-order valence-electron chi connectivity index (χ4n) is 1.13. The van der Waals surface area contributed by atoms with Gasteiger partial charge in [-0.1, -0.05) is 5.57 Å². The Morgan fingerprint density at radius 2 is 2.33 bits per heavy atom. The van der Waals surface area contributed by atoms with Crippen molar-refractivity contribution in [2.75, 3.05) is 0 Å². The van der Waals surface area contributed by atoms with Crippen LogP contribution >= 0.6 is 0 Å². The molecule has 0 saturated carbocycles. The number of hydrogen-bond donors (Lipinski definition) is 1. The van der Waals surface area contributed by atoms with Crippen LogP contribution in [0.3, 0.4) is 0 Å². The molecule has 1 heterocycles. The van der Waals surface area contributed by atoms with E-state index in [1.165, 1.54) is 0 Å². The molecule has 2 nitrogen and oxygen atoms in total. The van der Waals surface area contributed by atoms with Gasteiger partial charge < -0.3 is 10.2 Å². The van der Waals surface area contributed by atoms with E-state index in [0.717, 1.165) is 23.5 Å². The molecule has 0 bridgehead atoms. The molecule has 0 spiro atoms. The lowest BCUT2D eigenvalue weighted by molar-refractivity contribution is 0.444. The number of hydrogen-bond acceptors (Lipinski definition) is 2. The van der Waals surface area contributed by atoms with Crippen molar-refractivity contribution < 1.29 is 4.42 Å². The van der Waals surface area contributed by atoms with Gasteiger partial charge in [0, 0.05) is 0 Å². The van der Waals surface area contributed by atoms with Crippen molar-refractivity contribution in [2.45, 2.75) is 26.3 Å². The first kappa shape index (κ1) is 9.07. The number of nitrogens with two attached hydrogens (primary N) is 1. The quantitative estimate of drug-likeness (QED) is 0.699. The molecule has 1 aromatic rings. The van der Waals surface area contributed by atoms with E-state index in [1.54, 1.807) is 0 Å². The molecule has 1 atom stereocenters. The second-order valence-corrected chi connectivity index (χ2v) is 3.22. The second kappa shape index (κ2) is 3.59. The standard InChI is InChI=1S/C10H15NO/c1-7(2)6-9(11)10-5-4-8(3)12-10/h4-5,9H,1,6,11H2,2-3H3. The molecule has 1 unspecified atom stereocenters. The molecular weight excluding hydrogens is 150 g/mol. The van der Waals surface area contributed by atoms with E-state index in [1.807, 2.05) is 26.0 Å². The van der Waals surface area contributed by atoms with E-state index >= 15 is 0 Å². The summed E-state index contributed by atoms with van der Waals surface area (Å²) in [6.45, 7) is 7.69. The highest BCUT2D eigenvalue weighted by molar-refractivity contribution is 5.11. The normalized spacial score (nSPS) is 12.9. The summed E-state index contributed by atoms with van der Waals surface area (Å²) in [5, 5.41) is 0.